The highest BCUT2D eigenvalue weighted by Gasteiger charge is 2.11. The van der Waals surface area contributed by atoms with Gasteiger partial charge in [0.15, 0.2) is 0 Å². The summed E-state index contributed by atoms with van der Waals surface area (Å²) in [7, 11) is 0. The SMILES string of the molecule is Nc1ccc(F)cc1C(=O)Nc1cn[nH]c1. The van der Waals surface area contributed by atoms with Gasteiger partial charge >= 0.3 is 0 Å². The summed E-state index contributed by atoms with van der Waals surface area (Å²) in [5.74, 6) is -0.982. The number of rotatable bonds is 2. The molecule has 0 saturated carbocycles. The van der Waals surface area contributed by atoms with Gasteiger partial charge in [-0.05, 0) is 18.2 Å². The van der Waals surface area contributed by atoms with E-state index in [1.54, 1.807) is 0 Å². The molecule has 1 aromatic carbocycles. The maximum Gasteiger partial charge on any atom is 0.257 e. The van der Waals surface area contributed by atoms with E-state index in [-0.39, 0.29) is 11.3 Å². The summed E-state index contributed by atoms with van der Waals surface area (Å²) in [6, 6.07) is 3.63. The predicted octanol–water partition coefficient (Wildman–Crippen LogP) is 1.38. The van der Waals surface area contributed by atoms with Crippen LogP contribution in [0, 0.1) is 5.82 Å². The van der Waals surface area contributed by atoms with E-state index < -0.39 is 11.7 Å². The quantitative estimate of drug-likeness (QED) is 0.668. The van der Waals surface area contributed by atoms with Crippen LogP contribution in [0.3, 0.4) is 0 Å². The molecule has 16 heavy (non-hydrogen) atoms. The van der Waals surface area contributed by atoms with Crippen molar-refractivity contribution in [3.05, 3.63) is 42.0 Å². The molecule has 4 N–H and O–H groups in total. The van der Waals surface area contributed by atoms with Crippen LogP contribution in [0.4, 0.5) is 15.8 Å². The molecule has 82 valence electrons. The number of hydrogen-bond acceptors (Lipinski definition) is 3. The number of carbonyl (C=O) groups is 1. The van der Waals surface area contributed by atoms with Crippen molar-refractivity contribution in [1.82, 2.24) is 10.2 Å². The maximum atomic E-state index is 12.9. The Morgan fingerprint density at radius 3 is 3.00 bits per heavy atom. The van der Waals surface area contributed by atoms with Crippen molar-refractivity contribution in [1.29, 1.82) is 0 Å². The summed E-state index contributed by atoms with van der Waals surface area (Å²) in [6.45, 7) is 0. The standard InChI is InChI=1S/C10H9FN4O/c11-6-1-2-9(12)8(3-6)10(16)15-7-4-13-14-5-7/h1-5H,12H2,(H,13,14)(H,15,16). The number of benzene rings is 1. The lowest BCUT2D eigenvalue weighted by molar-refractivity contribution is 0.102. The van der Waals surface area contributed by atoms with E-state index in [9.17, 15) is 9.18 Å². The van der Waals surface area contributed by atoms with Gasteiger partial charge in [-0.1, -0.05) is 0 Å². The Morgan fingerprint density at radius 1 is 1.50 bits per heavy atom. The smallest absolute Gasteiger partial charge is 0.257 e. The van der Waals surface area contributed by atoms with E-state index in [1.165, 1.54) is 24.5 Å². The van der Waals surface area contributed by atoms with Gasteiger partial charge in [0.2, 0.25) is 0 Å². The van der Waals surface area contributed by atoms with Gasteiger partial charge in [0, 0.05) is 11.9 Å². The van der Waals surface area contributed by atoms with Crippen LogP contribution >= 0.6 is 0 Å². The van der Waals surface area contributed by atoms with Gasteiger partial charge in [-0.2, -0.15) is 5.10 Å². The number of nitrogens with one attached hydrogen (secondary N) is 2. The lowest BCUT2D eigenvalue weighted by Gasteiger charge is -2.05. The highest BCUT2D eigenvalue weighted by Crippen LogP contribution is 2.15. The Balaban J connectivity index is 2.24. The molecule has 1 aromatic heterocycles. The predicted molar refractivity (Wildman–Crippen MR) is 57.4 cm³/mol. The van der Waals surface area contributed by atoms with Crippen molar-refractivity contribution < 1.29 is 9.18 Å². The molecule has 5 nitrogen and oxygen atoms in total. The van der Waals surface area contributed by atoms with Crippen LogP contribution in [-0.4, -0.2) is 16.1 Å². The molecular formula is C10H9FN4O. The van der Waals surface area contributed by atoms with Gasteiger partial charge in [-0.25, -0.2) is 4.39 Å². The highest BCUT2D eigenvalue weighted by atomic mass is 19.1. The van der Waals surface area contributed by atoms with Crippen LogP contribution in [0.15, 0.2) is 30.6 Å². The highest BCUT2D eigenvalue weighted by molar-refractivity contribution is 6.07. The molecular weight excluding hydrogens is 211 g/mol. The van der Waals surface area contributed by atoms with Gasteiger partial charge in [0.25, 0.3) is 5.91 Å². The van der Waals surface area contributed by atoms with Gasteiger partial charge in [0.05, 0.1) is 17.4 Å². The Labute approximate surface area is 90.5 Å². The summed E-state index contributed by atoms with van der Waals surface area (Å²) < 4.78 is 12.9. The number of carbonyl (C=O) groups excluding carboxylic acids is 1. The van der Waals surface area contributed by atoms with Gasteiger partial charge in [-0.3, -0.25) is 9.89 Å². The number of halogens is 1. The van der Waals surface area contributed by atoms with E-state index in [4.69, 9.17) is 5.73 Å². The lowest BCUT2D eigenvalue weighted by atomic mass is 10.1. The molecule has 0 aliphatic carbocycles. The zero-order valence-electron chi connectivity index (χ0n) is 8.20. The Bertz CT molecular complexity index is 510. The molecule has 0 bridgehead atoms. The molecule has 0 aliphatic rings. The van der Waals surface area contributed by atoms with Crippen LogP contribution in [0.2, 0.25) is 0 Å². The van der Waals surface area contributed by atoms with E-state index in [2.05, 4.69) is 15.5 Å². The van der Waals surface area contributed by atoms with E-state index in [0.29, 0.717) is 5.69 Å². The van der Waals surface area contributed by atoms with Crippen LogP contribution in [-0.2, 0) is 0 Å². The fourth-order valence-corrected chi connectivity index (χ4v) is 1.24. The number of amides is 1. The third kappa shape index (κ3) is 2.00. The summed E-state index contributed by atoms with van der Waals surface area (Å²) in [5.41, 5.74) is 6.39. The topological polar surface area (TPSA) is 83.8 Å². The number of nitrogens with zero attached hydrogens (tertiary/aromatic N) is 1. The number of anilines is 2. The zero-order valence-corrected chi connectivity index (χ0v) is 8.20. The third-order valence-corrected chi connectivity index (χ3v) is 2.02. The first-order chi connectivity index (χ1) is 7.66. The molecule has 6 heteroatoms. The van der Waals surface area contributed by atoms with Crippen LogP contribution in [0.1, 0.15) is 10.4 Å². The number of aromatic amines is 1. The minimum Gasteiger partial charge on any atom is -0.398 e. The summed E-state index contributed by atoms with van der Waals surface area (Å²) >= 11 is 0. The first-order valence-electron chi connectivity index (χ1n) is 4.52. The fraction of sp³-hybridized carbons (Fsp3) is 0. The molecule has 0 atom stereocenters. The van der Waals surface area contributed by atoms with E-state index in [0.717, 1.165) is 6.07 Å². The average Bonchev–Trinajstić information content (AvgIpc) is 2.74. The molecule has 0 fully saturated rings. The molecule has 2 aromatic rings. The van der Waals surface area contributed by atoms with Crippen molar-refractivity contribution in [3.63, 3.8) is 0 Å². The average molecular weight is 220 g/mol. The number of nitrogens with two attached hydrogens (primary N) is 1. The molecule has 2 rings (SSSR count). The Kier molecular flexibility index (Phi) is 2.55. The fourth-order valence-electron chi connectivity index (χ4n) is 1.24. The van der Waals surface area contributed by atoms with Crippen LogP contribution < -0.4 is 11.1 Å². The minimum absolute atomic E-state index is 0.0983. The molecule has 0 spiro atoms. The van der Waals surface area contributed by atoms with Crippen LogP contribution in [0.25, 0.3) is 0 Å². The Morgan fingerprint density at radius 2 is 2.31 bits per heavy atom. The molecule has 0 aliphatic heterocycles. The van der Waals surface area contributed by atoms with E-state index >= 15 is 0 Å². The number of nitrogen functional groups attached to an aromatic ring is 1. The second kappa shape index (κ2) is 4.01. The molecule has 1 heterocycles. The molecule has 0 radical (unpaired) electrons. The van der Waals surface area contributed by atoms with Gasteiger partial charge in [0.1, 0.15) is 5.82 Å². The maximum absolute atomic E-state index is 12.9. The van der Waals surface area contributed by atoms with Crippen molar-refractivity contribution >= 4 is 17.3 Å². The molecule has 0 unspecified atom stereocenters. The second-order valence-electron chi connectivity index (χ2n) is 3.17. The normalized spacial score (nSPS) is 10.1. The van der Waals surface area contributed by atoms with Crippen molar-refractivity contribution in [2.24, 2.45) is 0 Å². The van der Waals surface area contributed by atoms with Crippen molar-refractivity contribution in [2.45, 2.75) is 0 Å². The first-order valence-corrected chi connectivity index (χ1v) is 4.52. The third-order valence-electron chi connectivity index (χ3n) is 2.02. The second-order valence-corrected chi connectivity index (χ2v) is 3.17. The summed E-state index contributed by atoms with van der Waals surface area (Å²) in [4.78, 5) is 11.7. The van der Waals surface area contributed by atoms with E-state index in [1.807, 2.05) is 0 Å². The largest absolute Gasteiger partial charge is 0.398 e. The summed E-state index contributed by atoms with van der Waals surface area (Å²) in [6.07, 6.45) is 2.95. The number of aromatic nitrogens is 2. The zero-order chi connectivity index (χ0) is 11.5. The molecule has 1 amide bonds. The van der Waals surface area contributed by atoms with Crippen molar-refractivity contribution in [3.8, 4) is 0 Å². The molecule has 0 saturated heterocycles. The first kappa shape index (κ1) is 10.2. The number of hydrogen-bond donors (Lipinski definition) is 3. The van der Waals surface area contributed by atoms with Crippen molar-refractivity contribution in [2.75, 3.05) is 11.1 Å². The minimum atomic E-state index is -0.508. The lowest BCUT2D eigenvalue weighted by Crippen LogP contribution is -2.13. The van der Waals surface area contributed by atoms with Gasteiger partial charge in [-0.15, -0.1) is 0 Å². The Hall–Kier alpha value is -2.37. The monoisotopic (exact) mass is 220 g/mol. The number of H-pyrrole nitrogens is 1. The van der Waals surface area contributed by atoms with Crippen LogP contribution in [0.5, 0.6) is 0 Å². The van der Waals surface area contributed by atoms with Gasteiger partial charge < -0.3 is 11.1 Å². The summed E-state index contributed by atoms with van der Waals surface area (Å²) in [5, 5.41) is 8.73.